The lowest BCUT2D eigenvalue weighted by molar-refractivity contribution is 0.277. The summed E-state index contributed by atoms with van der Waals surface area (Å²) < 4.78 is 5.63. The van der Waals surface area contributed by atoms with E-state index in [2.05, 4.69) is 5.32 Å². The van der Waals surface area contributed by atoms with Gasteiger partial charge in [0.15, 0.2) is 0 Å². The highest BCUT2D eigenvalue weighted by molar-refractivity contribution is 6.30. The monoisotopic (exact) mass is 226 g/mol. The number of fused-ring (bicyclic) bond motifs is 1. The molecule has 0 bridgehead atoms. The van der Waals surface area contributed by atoms with Crippen LogP contribution in [-0.2, 0) is 0 Å². The molecule has 1 atom stereocenters. The van der Waals surface area contributed by atoms with Gasteiger partial charge in [0.1, 0.15) is 12.4 Å². The first-order chi connectivity index (χ1) is 7.29. The molecule has 3 nitrogen and oxygen atoms in total. The Labute approximate surface area is 94.6 Å². The fourth-order valence-electron chi connectivity index (χ4n) is 1.71. The first-order valence-electron chi connectivity index (χ1n) is 5.18. The number of nitrogens with two attached hydrogens (primary N) is 1. The third-order valence-corrected chi connectivity index (χ3v) is 2.74. The quantitative estimate of drug-likeness (QED) is 0.831. The number of ether oxygens (including phenoxy) is 1. The highest BCUT2D eigenvalue weighted by Crippen LogP contribution is 2.32. The number of rotatable bonds is 3. The third-order valence-electron chi connectivity index (χ3n) is 2.50. The summed E-state index contributed by atoms with van der Waals surface area (Å²) in [5.74, 6) is 0.839. The lowest BCUT2D eigenvalue weighted by atomic mass is 10.1. The van der Waals surface area contributed by atoms with Crippen molar-refractivity contribution in [2.24, 2.45) is 5.73 Å². The average Bonchev–Trinajstić information content (AvgIpc) is 2.26. The van der Waals surface area contributed by atoms with Gasteiger partial charge in [0.05, 0.1) is 11.7 Å². The predicted octanol–water partition coefficient (Wildman–Crippen LogP) is 2.25. The van der Waals surface area contributed by atoms with Crippen LogP contribution in [0.2, 0.25) is 5.02 Å². The van der Waals surface area contributed by atoms with E-state index in [0.29, 0.717) is 17.7 Å². The third kappa shape index (κ3) is 2.55. The van der Waals surface area contributed by atoms with E-state index in [9.17, 15) is 0 Å². The Balaban J connectivity index is 2.03. The molecule has 0 fully saturated rings. The number of benzene rings is 1. The van der Waals surface area contributed by atoms with E-state index in [0.717, 1.165) is 30.8 Å². The molecule has 4 heteroatoms. The van der Waals surface area contributed by atoms with Crippen LogP contribution in [0.3, 0.4) is 0 Å². The van der Waals surface area contributed by atoms with Gasteiger partial charge in [-0.3, -0.25) is 0 Å². The van der Waals surface area contributed by atoms with Gasteiger partial charge in [0.2, 0.25) is 0 Å². The fourth-order valence-corrected chi connectivity index (χ4v) is 1.87. The normalized spacial score (nSPS) is 18.9. The van der Waals surface area contributed by atoms with Crippen molar-refractivity contribution in [1.29, 1.82) is 0 Å². The average molecular weight is 227 g/mol. The molecule has 0 aliphatic carbocycles. The highest BCUT2D eigenvalue weighted by atomic mass is 35.5. The number of hydrogen-bond acceptors (Lipinski definition) is 3. The molecule has 1 heterocycles. The zero-order valence-electron chi connectivity index (χ0n) is 8.50. The predicted molar refractivity (Wildman–Crippen MR) is 62.6 cm³/mol. The Hall–Kier alpha value is -0.930. The fraction of sp³-hybridized carbons (Fsp3) is 0.455. The second kappa shape index (κ2) is 4.73. The van der Waals surface area contributed by atoms with Crippen molar-refractivity contribution >= 4 is 17.3 Å². The van der Waals surface area contributed by atoms with Crippen molar-refractivity contribution in [3.05, 3.63) is 23.2 Å². The molecule has 3 N–H and O–H groups in total. The van der Waals surface area contributed by atoms with Crippen molar-refractivity contribution in [2.45, 2.75) is 18.9 Å². The summed E-state index contributed by atoms with van der Waals surface area (Å²) in [6.45, 7) is 1.42. The van der Waals surface area contributed by atoms with Gasteiger partial charge >= 0.3 is 0 Å². The van der Waals surface area contributed by atoms with Crippen molar-refractivity contribution in [2.75, 3.05) is 18.5 Å². The minimum Gasteiger partial charge on any atom is -0.489 e. The lowest BCUT2D eigenvalue weighted by Crippen LogP contribution is -2.31. The van der Waals surface area contributed by atoms with Gasteiger partial charge in [-0.1, -0.05) is 11.6 Å². The van der Waals surface area contributed by atoms with E-state index in [-0.39, 0.29) is 0 Å². The summed E-state index contributed by atoms with van der Waals surface area (Å²) in [6.07, 6.45) is 2.06. The molecule has 1 aromatic carbocycles. The van der Waals surface area contributed by atoms with Crippen LogP contribution >= 0.6 is 11.6 Å². The summed E-state index contributed by atoms with van der Waals surface area (Å²) in [7, 11) is 0. The maximum absolute atomic E-state index is 5.87. The first-order valence-corrected chi connectivity index (χ1v) is 5.56. The van der Waals surface area contributed by atoms with E-state index < -0.39 is 0 Å². The second-order valence-corrected chi connectivity index (χ2v) is 4.16. The van der Waals surface area contributed by atoms with Gasteiger partial charge in [-0.2, -0.15) is 0 Å². The second-order valence-electron chi connectivity index (χ2n) is 3.72. The van der Waals surface area contributed by atoms with Crippen molar-refractivity contribution < 1.29 is 4.74 Å². The van der Waals surface area contributed by atoms with Gasteiger partial charge in [0.25, 0.3) is 0 Å². The van der Waals surface area contributed by atoms with Crippen molar-refractivity contribution in [3.8, 4) is 5.75 Å². The molecule has 0 saturated heterocycles. The van der Waals surface area contributed by atoms with Gasteiger partial charge in [-0.05, 0) is 31.5 Å². The number of halogens is 1. The molecule has 0 amide bonds. The molecule has 15 heavy (non-hydrogen) atoms. The largest absolute Gasteiger partial charge is 0.489 e. The molecular formula is C11H15ClN2O. The molecule has 0 radical (unpaired) electrons. The standard InChI is InChI=1S/C11H15ClN2O/c12-8-3-4-10-11(6-8)15-7-9(14-10)2-1-5-13/h3-4,6,9,14H,1-2,5,7,13H2. The van der Waals surface area contributed by atoms with Crippen LogP contribution in [0.25, 0.3) is 0 Å². The molecule has 0 saturated carbocycles. The van der Waals surface area contributed by atoms with Crippen LogP contribution in [0.1, 0.15) is 12.8 Å². The van der Waals surface area contributed by atoms with Gasteiger partial charge in [0, 0.05) is 11.1 Å². The molecule has 0 aromatic heterocycles. The molecule has 2 rings (SSSR count). The Kier molecular flexibility index (Phi) is 3.34. The van der Waals surface area contributed by atoms with Crippen LogP contribution < -0.4 is 15.8 Å². The maximum Gasteiger partial charge on any atom is 0.143 e. The summed E-state index contributed by atoms with van der Waals surface area (Å²) in [5.41, 5.74) is 6.50. The number of anilines is 1. The SMILES string of the molecule is NCCCC1COc2cc(Cl)ccc2N1. The van der Waals surface area contributed by atoms with E-state index in [4.69, 9.17) is 22.1 Å². The van der Waals surface area contributed by atoms with Gasteiger partial charge in [-0.15, -0.1) is 0 Å². The highest BCUT2D eigenvalue weighted by Gasteiger charge is 2.18. The zero-order valence-corrected chi connectivity index (χ0v) is 9.26. The molecule has 0 spiro atoms. The minimum absolute atomic E-state index is 0.363. The van der Waals surface area contributed by atoms with Gasteiger partial charge < -0.3 is 15.8 Å². The molecular weight excluding hydrogens is 212 g/mol. The Bertz CT molecular complexity index is 343. The lowest BCUT2D eigenvalue weighted by Gasteiger charge is -2.27. The van der Waals surface area contributed by atoms with E-state index in [1.807, 2.05) is 18.2 Å². The number of nitrogens with one attached hydrogen (secondary N) is 1. The summed E-state index contributed by atoms with van der Waals surface area (Å²) in [6, 6.07) is 6.01. The molecule has 1 aliphatic heterocycles. The van der Waals surface area contributed by atoms with E-state index in [1.54, 1.807) is 0 Å². The Morgan fingerprint density at radius 1 is 1.53 bits per heavy atom. The minimum atomic E-state index is 0.363. The molecule has 1 aliphatic rings. The zero-order chi connectivity index (χ0) is 10.7. The van der Waals surface area contributed by atoms with Crippen LogP contribution in [0.5, 0.6) is 5.75 Å². The van der Waals surface area contributed by atoms with Crippen LogP contribution in [0.4, 0.5) is 5.69 Å². The number of hydrogen-bond donors (Lipinski definition) is 2. The topological polar surface area (TPSA) is 47.3 Å². The van der Waals surface area contributed by atoms with E-state index >= 15 is 0 Å². The van der Waals surface area contributed by atoms with Crippen LogP contribution in [0.15, 0.2) is 18.2 Å². The molecule has 1 aromatic rings. The smallest absolute Gasteiger partial charge is 0.143 e. The van der Waals surface area contributed by atoms with Gasteiger partial charge in [-0.25, -0.2) is 0 Å². The van der Waals surface area contributed by atoms with Crippen molar-refractivity contribution in [1.82, 2.24) is 0 Å². The van der Waals surface area contributed by atoms with Crippen LogP contribution in [0, 0.1) is 0 Å². The summed E-state index contributed by atoms with van der Waals surface area (Å²) >= 11 is 5.87. The van der Waals surface area contributed by atoms with E-state index in [1.165, 1.54) is 0 Å². The first kappa shape index (κ1) is 10.6. The Morgan fingerprint density at radius 2 is 2.40 bits per heavy atom. The van der Waals surface area contributed by atoms with Crippen molar-refractivity contribution in [3.63, 3.8) is 0 Å². The molecule has 82 valence electrons. The summed E-state index contributed by atoms with van der Waals surface area (Å²) in [4.78, 5) is 0. The molecule has 1 unspecified atom stereocenters. The van der Waals surface area contributed by atoms with Crippen LogP contribution in [-0.4, -0.2) is 19.2 Å². The maximum atomic E-state index is 5.87. The Morgan fingerprint density at radius 3 is 3.20 bits per heavy atom. The summed E-state index contributed by atoms with van der Waals surface area (Å²) in [5, 5.41) is 4.12.